The molecule has 0 aliphatic rings. The lowest BCUT2D eigenvalue weighted by Gasteiger charge is -2.09. The Morgan fingerprint density at radius 1 is 1.38 bits per heavy atom. The van der Waals surface area contributed by atoms with Gasteiger partial charge < -0.3 is 9.47 Å². The molecule has 0 aliphatic carbocycles. The topological polar surface area (TPSA) is 78.7 Å². The van der Waals surface area contributed by atoms with E-state index < -0.39 is 22.4 Å². The Balaban J connectivity index is 3.02. The van der Waals surface area contributed by atoms with Crippen molar-refractivity contribution in [2.24, 2.45) is 0 Å². The van der Waals surface area contributed by atoms with Crippen LogP contribution in [0.2, 0.25) is 0 Å². The average Bonchev–Trinajstić information content (AvgIpc) is 2.38. The predicted molar refractivity (Wildman–Crippen MR) is 73.8 cm³/mol. The lowest BCUT2D eigenvalue weighted by molar-refractivity contribution is -0.388. The molecule has 6 nitrogen and oxygen atoms in total. The number of nitro groups is 1. The normalized spacial score (nSPS) is 10.2. The van der Waals surface area contributed by atoms with Crippen molar-refractivity contribution in [3.8, 4) is 5.75 Å². The molecule has 0 amide bonds. The molecule has 0 fully saturated rings. The van der Waals surface area contributed by atoms with Crippen molar-refractivity contribution in [1.29, 1.82) is 0 Å². The van der Waals surface area contributed by atoms with Gasteiger partial charge in [0.1, 0.15) is 0 Å². The van der Waals surface area contributed by atoms with Crippen molar-refractivity contribution < 1.29 is 23.6 Å². The van der Waals surface area contributed by atoms with E-state index in [0.717, 1.165) is 12.5 Å². The van der Waals surface area contributed by atoms with Crippen molar-refractivity contribution >= 4 is 11.7 Å². The van der Waals surface area contributed by atoms with E-state index in [0.29, 0.717) is 6.42 Å². The van der Waals surface area contributed by atoms with Crippen LogP contribution < -0.4 is 4.74 Å². The molecule has 7 heteroatoms. The number of nitrogens with zero attached hydrogens (tertiary/aromatic N) is 1. The minimum Gasteiger partial charge on any atom is -0.487 e. The predicted octanol–water partition coefficient (Wildman–Crippen LogP) is 3.02. The van der Waals surface area contributed by atoms with Crippen LogP contribution >= 0.6 is 0 Å². The Kier molecular flexibility index (Phi) is 6.58. The number of esters is 1. The van der Waals surface area contributed by atoms with E-state index in [1.165, 1.54) is 6.07 Å². The number of hydrogen-bond acceptors (Lipinski definition) is 5. The summed E-state index contributed by atoms with van der Waals surface area (Å²) < 4.78 is 23.9. The van der Waals surface area contributed by atoms with Gasteiger partial charge in [-0.1, -0.05) is 13.3 Å². The highest BCUT2D eigenvalue weighted by molar-refractivity contribution is 5.73. The SMILES string of the molecule is CCCCOc1cc(CC(=O)OCC)cc(F)c1[N+](=O)[O-]. The van der Waals surface area contributed by atoms with E-state index in [4.69, 9.17) is 9.47 Å². The molecule has 1 rings (SSSR count). The summed E-state index contributed by atoms with van der Waals surface area (Å²) in [5, 5.41) is 10.9. The first-order chi connectivity index (χ1) is 9.99. The van der Waals surface area contributed by atoms with Gasteiger partial charge in [0.25, 0.3) is 0 Å². The molecule has 0 aliphatic heterocycles. The minimum atomic E-state index is -1.02. The van der Waals surface area contributed by atoms with Crippen LogP contribution in [0.4, 0.5) is 10.1 Å². The summed E-state index contributed by atoms with van der Waals surface area (Å²) in [6.07, 6.45) is 1.38. The van der Waals surface area contributed by atoms with Crippen molar-refractivity contribution in [2.75, 3.05) is 13.2 Å². The number of nitro benzene ring substituents is 1. The van der Waals surface area contributed by atoms with Gasteiger partial charge in [0.15, 0.2) is 0 Å². The quantitative estimate of drug-likeness (QED) is 0.319. The summed E-state index contributed by atoms with van der Waals surface area (Å²) in [6, 6.07) is 2.27. The zero-order chi connectivity index (χ0) is 15.8. The van der Waals surface area contributed by atoms with Gasteiger partial charge in [-0.3, -0.25) is 14.9 Å². The molecule has 1 aromatic carbocycles. The molecule has 0 heterocycles. The van der Waals surface area contributed by atoms with Crippen molar-refractivity contribution in [1.82, 2.24) is 0 Å². The Morgan fingerprint density at radius 3 is 2.67 bits per heavy atom. The van der Waals surface area contributed by atoms with Gasteiger partial charge in [0.05, 0.1) is 24.6 Å². The lowest BCUT2D eigenvalue weighted by Crippen LogP contribution is -2.09. The van der Waals surface area contributed by atoms with E-state index in [2.05, 4.69) is 0 Å². The fourth-order valence-corrected chi connectivity index (χ4v) is 1.72. The number of unbranched alkanes of at least 4 members (excludes halogenated alkanes) is 1. The number of carbonyl (C=O) groups is 1. The highest BCUT2D eigenvalue weighted by Gasteiger charge is 2.23. The summed E-state index contributed by atoms with van der Waals surface area (Å²) in [4.78, 5) is 21.5. The molecule has 0 bridgehead atoms. The molecule has 1 aromatic rings. The van der Waals surface area contributed by atoms with E-state index >= 15 is 0 Å². The molecule has 0 atom stereocenters. The molecule has 21 heavy (non-hydrogen) atoms. The smallest absolute Gasteiger partial charge is 0.346 e. The lowest BCUT2D eigenvalue weighted by atomic mass is 10.1. The van der Waals surface area contributed by atoms with Gasteiger partial charge in [0.2, 0.25) is 11.6 Å². The van der Waals surface area contributed by atoms with E-state index in [1.54, 1.807) is 6.92 Å². The number of hydrogen-bond donors (Lipinski definition) is 0. The molecule has 0 radical (unpaired) electrons. The summed E-state index contributed by atoms with van der Waals surface area (Å²) >= 11 is 0. The molecule has 0 aromatic heterocycles. The average molecular weight is 299 g/mol. The fraction of sp³-hybridized carbons (Fsp3) is 0.500. The maximum atomic E-state index is 13.8. The summed E-state index contributed by atoms with van der Waals surface area (Å²) in [5.74, 6) is -1.70. The summed E-state index contributed by atoms with van der Waals surface area (Å²) in [5.41, 5.74) is -0.429. The minimum absolute atomic E-state index is 0.159. The first-order valence-electron chi connectivity index (χ1n) is 6.74. The van der Waals surface area contributed by atoms with Crippen LogP contribution in [0.5, 0.6) is 5.75 Å². The number of carbonyl (C=O) groups excluding carboxylic acids is 1. The van der Waals surface area contributed by atoms with Crippen LogP contribution in [-0.4, -0.2) is 24.1 Å². The third-order valence-corrected chi connectivity index (χ3v) is 2.68. The van der Waals surface area contributed by atoms with Crippen molar-refractivity contribution in [3.05, 3.63) is 33.6 Å². The third-order valence-electron chi connectivity index (χ3n) is 2.68. The maximum Gasteiger partial charge on any atom is 0.346 e. The molecular formula is C14H18FNO5. The van der Waals surface area contributed by atoms with Crippen LogP contribution in [0, 0.1) is 15.9 Å². The Labute approximate surface area is 122 Å². The first kappa shape index (κ1) is 16.9. The third kappa shape index (κ3) is 5.02. The van der Waals surface area contributed by atoms with Crippen molar-refractivity contribution in [2.45, 2.75) is 33.1 Å². The van der Waals surface area contributed by atoms with E-state index in [1.807, 2.05) is 6.92 Å². The van der Waals surface area contributed by atoms with Gasteiger partial charge in [-0.15, -0.1) is 0 Å². The van der Waals surface area contributed by atoms with Gasteiger partial charge in [-0.05, 0) is 31.0 Å². The Morgan fingerprint density at radius 2 is 2.10 bits per heavy atom. The van der Waals surface area contributed by atoms with Gasteiger partial charge in [0, 0.05) is 0 Å². The van der Waals surface area contributed by atoms with Gasteiger partial charge in [-0.2, -0.15) is 4.39 Å². The zero-order valence-corrected chi connectivity index (χ0v) is 12.1. The van der Waals surface area contributed by atoms with E-state index in [-0.39, 0.29) is 30.9 Å². The number of benzene rings is 1. The summed E-state index contributed by atoms with van der Waals surface area (Å²) in [7, 11) is 0. The second-order valence-corrected chi connectivity index (χ2v) is 4.37. The highest BCUT2D eigenvalue weighted by atomic mass is 19.1. The second kappa shape index (κ2) is 8.18. The van der Waals surface area contributed by atoms with Crippen LogP contribution in [0.3, 0.4) is 0 Å². The van der Waals surface area contributed by atoms with Gasteiger partial charge >= 0.3 is 11.7 Å². The molecule has 0 unspecified atom stereocenters. The van der Waals surface area contributed by atoms with E-state index in [9.17, 15) is 19.3 Å². The zero-order valence-electron chi connectivity index (χ0n) is 12.1. The molecule has 0 N–H and O–H groups in total. The van der Waals surface area contributed by atoms with Crippen LogP contribution in [0.15, 0.2) is 12.1 Å². The molecule has 116 valence electrons. The van der Waals surface area contributed by atoms with Crippen LogP contribution in [-0.2, 0) is 16.0 Å². The highest BCUT2D eigenvalue weighted by Crippen LogP contribution is 2.32. The largest absolute Gasteiger partial charge is 0.487 e. The van der Waals surface area contributed by atoms with Crippen molar-refractivity contribution in [3.63, 3.8) is 0 Å². The number of halogens is 1. The maximum absolute atomic E-state index is 13.8. The fourth-order valence-electron chi connectivity index (χ4n) is 1.72. The molecular weight excluding hydrogens is 281 g/mol. The van der Waals surface area contributed by atoms with Gasteiger partial charge in [-0.25, -0.2) is 0 Å². The van der Waals surface area contributed by atoms with Crippen LogP contribution in [0.25, 0.3) is 0 Å². The number of ether oxygens (including phenoxy) is 2. The first-order valence-corrected chi connectivity index (χ1v) is 6.74. The monoisotopic (exact) mass is 299 g/mol. The standard InChI is InChI=1S/C14H18FNO5/c1-3-5-6-21-12-8-10(9-13(17)20-4-2)7-11(15)14(12)16(18)19/h7-8H,3-6,9H2,1-2H3. The molecule has 0 saturated carbocycles. The second-order valence-electron chi connectivity index (χ2n) is 4.37. The van der Waals surface area contributed by atoms with Crippen LogP contribution in [0.1, 0.15) is 32.3 Å². The summed E-state index contributed by atoms with van der Waals surface area (Å²) in [6.45, 7) is 4.07. The number of rotatable bonds is 8. The Bertz CT molecular complexity index is 518. The molecule has 0 spiro atoms. The molecule has 0 saturated heterocycles. The Hall–Kier alpha value is -2.18.